The third-order valence-corrected chi connectivity index (χ3v) is 2.71. The molecule has 0 radical (unpaired) electrons. The Bertz CT molecular complexity index is 550. The van der Waals surface area contributed by atoms with E-state index < -0.39 is 0 Å². The second-order valence-electron chi connectivity index (χ2n) is 3.17. The Labute approximate surface area is 94.9 Å². The van der Waals surface area contributed by atoms with Crippen molar-refractivity contribution in [3.8, 4) is 0 Å². The molecule has 0 amide bonds. The molecule has 0 atom stereocenters. The second kappa shape index (κ2) is 4.12. The van der Waals surface area contributed by atoms with Gasteiger partial charge in [0.1, 0.15) is 5.65 Å². The van der Waals surface area contributed by atoms with Crippen molar-refractivity contribution < 1.29 is 0 Å². The lowest BCUT2D eigenvalue weighted by molar-refractivity contribution is 0.896. The molecule has 2 heterocycles. The normalized spacial score (nSPS) is 10.8. The first-order chi connectivity index (χ1) is 7.22. The van der Waals surface area contributed by atoms with Crippen LogP contribution in [0.3, 0.4) is 0 Å². The standard InChI is InChI=1S/C10H10BrN3O/c11-8-2-1-3-9-13-7(4-5-12)6-10(15)14(8)9/h1-3,6H,4-5,12H2. The van der Waals surface area contributed by atoms with Crippen LogP contribution in [0.4, 0.5) is 0 Å². The van der Waals surface area contributed by atoms with Gasteiger partial charge in [-0.15, -0.1) is 0 Å². The number of aromatic nitrogens is 2. The van der Waals surface area contributed by atoms with E-state index >= 15 is 0 Å². The fourth-order valence-corrected chi connectivity index (χ4v) is 1.95. The molecular formula is C10H10BrN3O. The van der Waals surface area contributed by atoms with Crippen molar-refractivity contribution in [3.63, 3.8) is 0 Å². The van der Waals surface area contributed by atoms with Crippen LogP contribution in [0.15, 0.2) is 33.7 Å². The summed E-state index contributed by atoms with van der Waals surface area (Å²) in [6, 6.07) is 6.97. The highest BCUT2D eigenvalue weighted by Crippen LogP contribution is 2.09. The first-order valence-electron chi connectivity index (χ1n) is 4.59. The van der Waals surface area contributed by atoms with Gasteiger partial charge in [-0.25, -0.2) is 4.98 Å². The van der Waals surface area contributed by atoms with Crippen LogP contribution in [0.2, 0.25) is 0 Å². The summed E-state index contributed by atoms with van der Waals surface area (Å²) in [5.41, 5.74) is 6.72. The molecule has 2 aromatic heterocycles. The predicted octanol–water partition coefficient (Wildman–Crippen LogP) is 0.958. The number of nitrogens with zero attached hydrogens (tertiary/aromatic N) is 2. The molecule has 2 aromatic rings. The van der Waals surface area contributed by atoms with E-state index in [1.807, 2.05) is 6.07 Å². The number of hydrogen-bond acceptors (Lipinski definition) is 3. The summed E-state index contributed by atoms with van der Waals surface area (Å²) in [4.78, 5) is 16.1. The maximum atomic E-state index is 11.7. The number of pyridine rings is 1. The average molecular weight is 268 g/mol. The highest BCUT2D eigenvalue weighted by atomic mass is 79.9. The minimum atomic E-state index is -0.0871. The number of nitrogens with two attached hydrogens (primary N) is 1. The molecule has 0 aromatic carbocycles. The zero-order chi connectivity index (χ0) is 10.8. The largest absolute Gasteiger partial charge is 0.330 e. The Morgan fingerprint density at radius 3 is 3.00 bits per heavy atom. The fourth-order valence-electron chi connectivity index (χ4n) is 1.44. The molecule has 2 N–H and O–H groups in total. The molecule has 0 aliphatic rings. The van der Waals surface area contributed by atoms with E-state index in [0.717, 1.165) is 5.69 Å². The summed E-state index contributed by atoms with van der Waals surface area (Å²) in [6.45, 7) is 0.497. The summed E-state index contributed by atoms with van der Waals surface area (Å²) >= 11 is 3.31. The minimum absolute atomic E-state index is 0.0871. The fraction of sp³-hybridized carbons (Fsp3) is 0.200. The maximum Gasteiger partial charge on any atom is 0.258 e. The molecule has 15 heavy (non-hydrogen) atoms. The Morgan fingerprint density at radius 2 is 2.27 bits per heavy atom. The van der Waals surface area contributed by atoms with Crippen molar-refractivity contribution in [1.82, 2.24) is 9.38 Å². The topological polar surface area (TPSA) is 60.4 Å². The van der Waals surface area contributed by atoms with Crippen LogP contribution in [0.5, 0.6) is 0 Å². The average Bonchev–Trinajstić information content (AvgIpc) is 2.17. The van der Waals surface area contributed by atoms with Gasteiger partial charge in [-0.2, -0.15) is 0 Å². The number of rotatable bonds is 2. The molecule has 0 unspecified atom stereocenters. The van der Waals surface area contributed by atoms with Gasteiger partial charge in [-0.1, -0.05) is 6.07 Å². The van der Waals surface area contributed by atoms with Crippen LogP contribution in [-0.4, -0.2) is 15.9 Å². The van der Waals surface area contributed by atoms with Crippen molar-refractivity contribution in [3.05, 3.63) is 44.9 Å². The molecular weight excluding hydrogens is 258 g/mol. The highest BCUT2D eigenvalue weighted by Gasteiger charge is 2.03. The van der Waals surface area contributed by atoms with Gasteiger partial charge >= 0.3 is 0 Å². The van der Waals surface area contributed by atoms with Crippen molar-refractivity contribution in [2.45, 2.75) is 6.42 Å². The monoisotopic (exact) mass is 267 g/mol. The van der Waals surface area contributed by atoms with Gasteiger partial charge in [-0.05, 0) is 34.6 Å². The SMILES string of the molecule is NCCc1cc(=O)n2c(Br)cccc2n1. The molecule has 2 rings (SSSR count). The first-order valence-corrected chi connectivity index (χ1v) is 5.39. The lowest BCUT2D eigenvalue weighted by atomic mass is 10.3. The Morgan fingerprint density at radius 1 is 1.47 bits per heavy atom. The van der Waals surface area contributed by atoms with Crippen LogP contribution in [-0.2, 0) is 6.42 Å². The molecule has 5 heteroatoms. The van der Waals surface area contributed by atoms with E-state index in [1.165, 1.54) is 10.5 Å². The van der Waals surface area contributed by atoms with Gasteiger partial charge in [0.05, 0.1) is 4.60 Å². The maximum absolute atomic E-state index is 11.7. The predicted molar refractivity (Wildman–Crippen MR) is 61.9 cm³/mol. The van der Waals surface area contributed by atoms with Crippen molar-refractivity contribution in [1.29, 1.82) is 0 Å². The van der Waals surface area contributed by atoms with Crippen LogP contribution in [0.1, 0.15) is 5.69 Å². The van der Waals surface area contributed by atoms with Crippen molar-refractivity contribution in [2.75, 3.05) is 6.54 Å². The van der Waals surface area contributed by atoms with Gasteiger partial charge in [0, 0.05) is 18.2 Å². The van der Waals surface area contributed by atoms with E-state index in [1.54, 1.807) is 12.1 Å². The van der Waals surface area contributed by atoms with E-state index in [4.69, 9.17) is 5.73 Å². The van der Waals surface area contributed by atoms with Gasteiger partial charge in [0.15, 0.2) is 0 Å². The van der Waals surface area contributed by atoms with Crippen molar-refractivity contribution in [2.24, 2.45) is 5.73 Å². The van der Waals surface area contributed by atoms with E-state index in [2.05, 4.69) is 20.9 Å². The summed E-state index contributed by atoms with van der Waals surface area (Å²) in [5, 5.41) is 0. The lowest BCUT2D eigenvalue weighted by Gasteiger charge is -2.04. The van der Waals surface area contributed by atoms with E-state index in [-0.39, 0.29) is 5.56 Å². The van der Waals surface area contributed by atoms with Crippen LogP contribution in [0.25, 0.3) is 5.65 Å². The van der Waals surface area contributed by atoms with Gasteiger partial charge in [0.25, 0.3) is 5.56 Å². The molecule has 0 saturated heterocycles. The minimum Gasteiger partial charge on any atom is -0.330 e. The molecule has 4 nitrogen and oxygen atoms in total. The summed E-state index contributed by atoms with van der Waals surface area (Å²) in [7, 11) is 0. The number of halogens is 1. The molecule has 0 aliphatic heterocycles. The second-order valence-corrected chi connectivity index (χ2v) is 3.98. The third kappa shape index (κ3) is 1.93. The highest BCUT2D eigenvalue weighted by molar-refractivity contribution is 9.10. The quantitative estimate of drug-likeness (QED) is 0.825. The summed E-state index contributed by atoms with van der Waals surface area (Å²) < 4.78 is 2.22. The number of fused-ring (bicyclic) bond motifs is 1. The van der Waals surface area contributed by atoms with Crippen LogP contribution in [0, 0.1) is 0 Å². The number of hydrogen-bond donors (Lipinski definition) is 1. The smallest absolute Gasteiger partial charge is 0.258 e. The molecule has 78 valence electrons. The van der Waals surface area contributed by atoms with E-state index in [0.29, 0.717) is 23.2 Å². The Hall–Kier alpha value is -1.20. The summed E-state index contributed by atoms with van der Waals surface area (Å²) in [5.74, 6) is 0. The molecule has 0 spiro atoms. The van der Waals surface area contributed by atoms with Gasteiger partial charge in [-0.3, -0.25) is 9.20 Å². The van der Waals surface area contributed by atoms with Gasteiger partial charge in [0.2, 0.25) is 0 Å². The molecule has 0 fully saturated rings. The Kier molecular flexibility index (Phi) is 2.83. The first kappa shape index (κ1) is 10.3. The van der Waals surface area contributed by atoms with E-state index in [9.17, 15) is 4.79 Å². The summed E-state index contributed by atoms with van der Waals surface area (Å²) in [6.07, 6.45) is 0.623. The third-order valence-electron chi connectivity index (χ3n) is 2.09. The van der Waals surface area contributed by atoms with Gasteiger partial charge < -0.3 is 5.73 Å². The molecule has 0 bridgehead atoms. The van der Waals surface area contributed by atoms with Crippen LogP contribution >= 0.6 is 15.9 Å². The Balaban J connectivity index is 2.73. The molecule has 0 saturated carbocycles. The molecule has 0 aliphatic carbocycles. The van der Waals surface area contributed by atoms with Crippen LogP contribution < -0.4 is 11.3 Å². The lowest BCUT2D eigenvalue weighted by Crippen LogP contribution is -2.17. The zero-order valence-corrected chi connectivity index (χ0v) is 9.57. The zero-order valence-electron chi connectivity index (χ0n) is 7.98. The van der Waals surface area contributed by atoms with Crippen molar-refractivity contribution >= 4 is 21.6 Å².